The number of rotatable bonds is 6. The zero-order valence-electron chi connectivity index (χ0n) is 19.8. The van der Waals surface area contributed by atoms with Crippen LogP contribution < -0.4 is 21.9 Å². The van der Waals surface area contributed by atoms with Crippen molar-refractivity contribution < 1.29 is 9.59 Å². The van der Waals surface area contributed by atoms with Crippen molar-refractivity contribution in [2.45, 2.75) is 45.2 Å². The van der Waals surface area contributed by atoms with Gasteiger partial charge in [0.2, 0.25) is 5.91 Å². The molecule has 35 heavy (non-hydrogen) atoms. The number of benzene rings is 2. The fourth-order valence-electron chi connectivity index (χ4n) is 4.35. The van der Waals surface area contributed by atoms with Crippen LogP contribution in [-0.4, -0.2) is 27.0 Å². The van der Waals surface area contributed by atoms with Crippen molar-refractivity contribution in [1.29, 1.82) is 0 Å². The van der Waals surface area contributed by atoms with E-state index >= 15 is 0 Å². The number of hydrogen-bond donors (Lipinski definition) is 2. The highest BCUT2D eigenvalue weighted by Crippen LogP contribution is 2.35. The lowest BCUT2D eigenvalue weighted by atomic mass is 9.82. The van der Waals surface area contributed by atoms with E-state index in [-0.39, 0.29) is 11.4 Å². The predicted octanol–water partition coefficient (Wildman–Crippen LogP) is 3.19. The molecule has 0 aliphatic carbocycles. The Morgan fingerprint density at radius 1 is 1.06 bits per heavy atom. The minimum absolute atomic E-state index is 0.178. The second kappa shape index (κ2) is 9.92. The van der Waals surface area contributed by atoms with Crippen LogP contribution in [0.2, 0.25) is 5.02 Å². The molecule has 8 nitrogen and oxygen atoms in total. The number of hydrogen-bond acceptors (Lipinski definition) is 4. The lowest BCUT2D eigenvalue weighted by Crippen LogP contribution is -2.55. The van der Waals surface area contributed by atoms with Gasteiger partial charge >= 0.3 is 5.69 Å². The Labute approximate surface area is 207 Å². The van der Waals surface area contributed by atoms with E-state index in [1.165, 1.54) is 11.6 Å². The van der Waals surface area contributed by atoms with Crippen molar-refractivity contribution in [2.75, 3.05) is 5.32 Å². The number of aromatic nitrogens is 2. The summed E-state index contributed by atoms with van der Waals surface area (Å²) in [5.41, 5.74) is 1.24. The highest BCUT2D eigenvalue weighted by atomic mass is 35.5. The van der Waals surface area contributed by atoms with Crippen LogP contribution in [0.4, 0.5) is 5.82 Å². The minimum Gasteiger partial charge on any atom is -0.339 e. The first kappa shape index (κ1) is 24.5. The summed E-state index contributed by atoms with van der Waals surface area (Å²) in [5.74, 6) is -1.59. The van der Waals surface area contributed by atoms with E-state index in [1.807, 2.05) is 26.0 Å². The maximum Gasteiger partial charge on any atom is 0.332 e. The van der Waals surface area contributed by atoms with E-state index in [1.54, 1.807) is 36.4 Å². The highest BCUT2D eigenvalue weighted by molar-refractivity contribution is 6.30. The summed E-state index contributed by atoms with van der Waals surface area (Å²) in [5, 5.41) is 6.05. The normalized spacial score (nSPS) is 17.0. The van der Waals surface area contributed by atoms with E-state index in [9.17, 15) is 19.2 Å². The molecule has 0 saturated heterocycles. The summed E-state index contributed by atoms with van der Waals surface area (Å²) in [6, 6.07) is 12.7. The van der Waals surface area contributed by atoms with Gasteiger partial charge in [-0.15, -0.1) is 0 Å². The molecule has 0 fully saturated rings. The maximum atomic E-state index is 13.4. The van der Waals surface area contributed by atoms with Gasteiger partial charge in [-0.3, -0.25) is 23.5 Å². The Morgan fingerprint density at radius 2 is 1.71 bits per heavy atom. The minimum atomic E-state index is -1.08. The van der Waals surface area contributed by atoms with Gasteiger partial charge in [-0.05, 0) is 43.2 Å². The molecule has 2 N–H and O–H groups in total. The number of anilines is 1. The third-order valence-corrected chi connectivity index (χ3v) is 6.56. The zero-order chi connectivity index (χ0) is 25.3. The third-order valence-electron chi connectivity index (χ3n) is 6.31. The largest absolute Gasteiger partial charge is 0.339 e. The molecule has 4 rings (SSSR count). The summed E-state index contributed by atoms with van der Waals surface area (Å²) >= 11 is 6.09. The Morgan fingerprint density at radius 3 is 2.34 bits per heavy atom. The van der Waals surface area contributed by atoms with Gasteiger partial charge in [0.1, 0.15) is 11.9 Å². The second-order valence-corrected chi connectivity index (χ2v) is 9.19. The highest BCUT2D eigenvalue weighted by Gasteiger charge is 2.42. The molecule has 9 heteroatoms. The summed E-state index contributed by atoms with van der Waals surface area (Å²) in [6.07, 6.45) is 1.52. The summed E-state index contributed by atoms with van der Waals surface area (Å²) in [4.78, 5) is 52.8. The van der Waals surface area contributed by atoms with Crippen LogP contribution in [-0.2, 0) is 18.4 Å². The van der Waals surface area contributed by atoms with Crippen LogP contribution in [0.5, 0.6) is 0 Å². The number of nitrogens with zero attached hydrogens (tertiary/aromatic N) is 2. The molecule has 1 aliphatic rings. The molecule has 0 saturated carbocycles. The molecular weight excluding hydrogens is 468 g/mol. The SMILES string of the molecule is CCCCn1c2c(c(=O)n(C)c1=O)C(c1ccc(Cl)cc1)C(NC(=O)c1ccc(C)cc1)C(=O)N2. The van der Waals surface area contributed by atoms with Crippen LogP contribution in [0.15, 0.2) is 58.1 Å². The molecule has 2 atom stereocenters. The predicted molar refractivity (Wildman–Crippen MR) is 135 cm³/mol. The van der Waals surface area contributed by atoms with E-state index in [2.05, 4.69) is 10.6 Å². The number of amides is 2. The Hall–Kier alpha value is -3.65. The van der Waals surface area contributed by atoms with Gasteiger partial charge in [0, 0.05) is 30.1 Å². The first-order valence-electron chi connectivity index (χ1n) is 11.5. The number of nitrogens with one attached hydrogen (secondary N) is 2. The first-order valence-corrected chi connectivity index (χ1v) is 11.9. The Bertz CT molecular complexity index is 1390. The Balaban J connectivity index is 1.89. The summed E-state index contributed by atoms with van der Waals surface area (Å²) in [7, 11) is 1.42. The number of carbonyl (C=O) groups excluding carboxylic acids is 2. The molecule has 0 spiro atoms. The van der Waals surface area contributed by atoms with Crippen molar-refractivity contribution >= 4 is 29.2 Å². The van der Waals surface area contributed by atoms with Gasteiger partial charge in [0.25, 0.3) is 11.5 Å². The van der Waals surface area contributed by atoms with Crippen molar-refractivity contribution in [2.24, 2.45) is 7.05 Å². The molecule has 2 heterocycles. The molecule has 2 aromatic carbocycles. The van der Waals surface area contributed by atoms with Crippen molar-refractivity contribution in [3.63, 3.8) is 0 Å². The maximum absolute atomic E-state index is 13.4. The molecule has 1 aliphatic heterocycles. The van der Waals surface area contributed by atoms with Crippen LogP contribution in [0, 0.1) is 6.92 Å². The molecule has 0 radical (unpaired) electrons. The van der Waals surface area contributed by atoms with Gasteiger partial charge < -0.3 is 10.6 Å². The van der Waals surface area contributed by atoms with Crippen molar-refractivity contribution in [3.05, 3.63) is 96.6 Å². The molecular formula is C26H27ClN4O4. The number of unbranched alkanes of at least 4 members (excludes halogenated alkanes) is 1. The molecule has 1 aromatic heterocycles. The third kappa shape index (κ3) is 4.66. The summed E-state index contributed by atoms with van der Waals surface area (Å²) in [6.45, 7) is 4.25. The van der Waals surface area contributed by atoms with E-state index < -0.39 is 35.0 Å². The van der Waals surface area contributed by atoms with Crippen LogP contribution in [0.25, 0.3) is 0 Å². The molecule has 3 aromatic rings. The summed E-state index contributed by atoms with van der Waals surface area (Å²) < 4.78 is 2.48. The van der Waals surface area contributed by atoms with Crippen LogP contribution in [0.1, 0.15) is 52.7 Å². The van der Waals surface area contributed by atoms with Crippen LogP contribution in [0.3, 0.4) is 0 Å². The van der Waals surface area contributed by atoms with Gasteiger partial charge in [0.05, 0.1) is 5.56 Å². The van der Waals surface area contributed by atoms with E-state index in [0.717, 1.165) is 16.6 Å². The monoisotopic (exact) mass is 494 g/mol. The molecule has 2 unspecified atom stereocenters. The first-order chi connectivity index (χ1) is 16.7. The van der Waals surface area contributed by atoms with Crippen molar-refractivity contribution in [3.8, 4) is 0 Å². The quantitative estimate of drug-likeness (QED) is 0.549. The average Bonchev–Trinajstić information content (AvgIpc) is 2.84. The fraction of sp³-hybridized carbons (Fsp3) is 0.308. The fourth-order valence-corrected chi connectivity index (χ4v) is 4.48. The Kier molecular flexibility index (Phi) is 6.93. The van der Waals surface area contributed by atoms with Gasteiger partial charge in [-0.25, -0.2) is 4.79 Å². The number of aryl methyl sites for hydroxylation is 1. The molecule has 0 bridgehead atoms. The smallest absolute Gasteiger partial charge is 0.332 e. The topological polar surface area (TPSA) is 102 Å². The van der Waals surface area contributed by atoms with Crippen LogP contribution >= 0.6 is 11.6 Å². The average molecular weight is 495 g/mol. The molecule has 2 amide bonds. The zero-order valence-corrected chi connectivity index (χ0v) is 20.6. The van der Waals surface area contributed by atoms with Gasteiger partial charge in [0.15, 0.2) is 0 Å². The lowest BCUT2D eigenvalue weighted by Gasteiger charge is -2.34. The van der Waals surface area contributed by atoms with Gasteiger partial charge in [-0.2, -0.15) is 0 Å². The van der Waals surface area contributed by atoms with Gasteiger partial charge in [-0.1, -0.05) is 54.8 Å². The number of fused-ring (bicyclic) bond motifs is 1. The second-order valence-electron chi connectivity index (χ2n) is 8.75. The molecule has 182 valence electrons. The lowest BCUT2D eigenvalue weighted by molar-refractivity contribution is -0.118. The van der Waals surface area contributed by atoms with E-state index in [0.29, 0.717) is 29.1 Å². The number of carbonyl (C=O) groups is 2. The van der Waals surface area contributed by atoms with Crippen molar-refractivity contribution in [1.82, 2.24) is 14.5 Å². The standard InChI is InChI=1S/C26H27ClN4O4/c1-4-5-14-31-22-20(25(34)30(3)26(31)35)19(16-10-12-18(27)13-11-16)21(24(33)29-22)28-23(32)17-8-6-15(2)7-9-17/h6-13,19,21H,4-5,14H2,1-3H3,(H,28,32)(H,29,33). The van der Waals surface area contributed by atoms with E-state index in [4.69, 9.17) is 11.6 Å². The number of halogens is 1.